The minimum atomic E-state index is -0.703. The van der Waals surface area contributed by atoms with Crippen molar-refractivity contribution in [3.8, 4) is 0 Å². The van der Waals surface area contributed by atoms with Gasteiger partial charge in [-0.25, -0.2) is 4.98 Å². The zero-order chi connectivity index (χ0) is 10.7. The van der Waals surface area contributed by atoms with Gasteiger partial charge in [0.05, 0.1) is 6.54 Å². The van der Waals surface area contributed by atoms with Crippen LogP contribution in [0.3, 0.4) is 0 Å². The van der Waals surface area contributed by atoms with Gasteiger partial charge in [-0.1, -0.05) is 6.42 Å². The number of nitrogens with zero attached hydrogens (tertiary/aromatic N) is 2. The topological polar surface area (TPSA) is 53.4 Å². The van der Waals surface area contributed by atoms with E-state index in [0.29, 0.717) is 6.54 Å². The molecule has 0 radical (unpaired) electrons. The van der Waals surface area contributed by atoms with Crippen LogP contribution in [0.5, 0.6) is 0 Å². The number of carboxylic acid groups (broad SMARTS) is 1. The Kier molecular flexibility index (Phi) is 3.33. The second-order valence-electron chi connectivity index (χ2n) is 3.75. The number of piperidine rings is 1. The zero-order valence-corrected chi connectivity index (χ0v) is 9.24. The molecule has 0 aromatic carbocycles. The van der Waals surface area contributed by atoms with Crippen LogP contribution in [0.25, 0.3) is 0 Å². The molecule has 1 atom stereocenters. The van der Waals surface area contributed by atoms with Gasteiger partial charge in [-0.15, -0.1) is 11.3 Å². The second kappa shape index (κ2) is 4.72. The maximum atomic E-state index is 11.0. The molecular weight excluding hydrogens is 212 g/mol. The third-order valence-corrected chi connectivity index (χ3v) is 3.48. The molecule has 0 aliphatic carbocycles. The van der Waals surface area contributed by atoms with Crippen LogP contribution in [0.4, 0.5) is 0 Å². The van der Waals surface area contributed by atoms with Gasteiger partial charge in [0.25, 0.3) is 0 Å². The summed E-state index contributed by atoms with van der Waals surface area (Å²) in [5.41, 5.74) is 0. The lowest BCUT2D eigenvalue weighted by molar-refractivity contribution is -0.144. The fraction of sp³-hybridized carbons (Fsp3) is 0.600. The summed E-state index contributed by atoms with van der Waals surface area (Å²) in [6.45, 7) is 1.55. The maximum Gasteiger partial charge on any atom is 0.320 e. The summed E-state index contributed by atoms with van der Waals surface area (Å²) in [4.78, 5) is 17.2. The molecule has 1 aromatic heterocycles. The number of carboxylic acids is 1. The van der Waals surface area contributed by atoms with E-state index in [1.807, 2.05) is 10.3 Å². The van der Waals surface area contributed by atoms with Crippen LogP contribution in [0.15, 0.2) is 11.6 Å². The van der Waals surface area contributed by atoms with Crippen molar-refractivity contribution in [1.82, 2.24) is 9.88 Å². The molecule has 5 heteroatoms. The second-order valence-corrected chi connectivity index (χ2v) is 4.73. The van der Waals surface area contributed by atoms with Gasteiger partial charge in [0.15, 0.2) is 0 Å². The largest absolute Gasteiger partial charge is 0.480 e. The molecule has 0 amide bonds. The minimum Gasteiger partial charge on any atom is -0.480 e. The molecular formula is C10H14N2O2S. The van der Waals surface area contributed by atoms with Crippen LogP contribution in [-0.4, -0.2) is 33.5 Å². The van der Waals surface area contributed by atoms with E-state index in [2.05, 4.69) is 4.98 Å². The van der Waals surface area contributed by atoms with E-state index in [4.69, 9.17) is 5.11 Å². The fourth-order valence-electron chi connectivity index (χ4n) is 1.96. The Labute approximate surface area is 92.6 Å². The number of aromatic nitrogens is 1. The molecule has 82 valence electrons. The first kappa shape index (κ1) is 10.6. The molecule has 15 heavy (non-hydrogen) atoms. The summed E-state index contributed by atoms with van der Waals surface area (Å²) in [6, 6.07) is -0.317. The summed E-state index contributed by atoms with van der Waals surface area (Å²) >= 11 is 1.58. The molecule has 1 N–H and O–H groups in total. The number of hydrogen-bond donors (Lipinski definition) is 1. The highest BCUT2D eigenvalue weighted by Gasteiger charge is 2.28. The quantitative estimate of drug-likeness (QED) is 0.850. The molecule has 2 rings (SSSR count). The van der Waals surface area contributed by atoms with Gasteiger partial charge in [0, 0.05) is 11.6 Å². The van der Waals surface area contributed by atoms with Gasteiger partial charge in [0.2, 0.25) is 0 Å². The van der Waals surface area contributed by atoms with Crippen molar-refractivity contribution in [3.63, 3.8) is 0 Å². The first-order valence-electron chi connectivity index (χ1n) is 5.12. The standard InChI is InChI=1S/C10H14N2O2S/c13-10(14)8-3-1-2-5-12(8)7-9-11-4-6-15-9/h4,6,8H,1-3,5,7H2,(H,13,14). The lowest BCUT2D eigenvalue weighted by Crippen LogP contribution is -2.43. The molecule has 0 spiro atoms. The lowest BCUT2D eigenvalue weighted by Gasteiger charge is -2.31. The Bertz CT molecular complexity index is 326. The van der Waals surface area contributed by atoms with Crippen LogP contribution in [0.1, 0.15) is 24.3 Å². The zero-order valence-electron chi connectivity index (χ0n) is 8.43. The molecule has 1 aliphatic heterocycles. The molecule has 1 unspecified atom stereocenters. The highest BCUT2D eigenvalue weighted by molar-refractivity contribution is 7.09. The monoisotopic (exact) mass is 226 g/mol. The first-order chi connectivity index (χ1) is 7.27. The van der Waals surface area contributed by atoms with E-state index in [9.17, 15) is 4.79 Å². The van der Waals surface area contributed by atoms with Gasteiger partial charge in [-0.05, 0) is 19.4 Å². The van der Waals surface area contributed by atoms with Crippen LogP contribution in [0.2, 0.25) is 0 Å². The van der Waals surface area contributed by atoms with Crippen LogP contribution >= 0.6 is 11.3 Å². The van der Waals surface area contributed by atoms with Crippen molar-refractivity contribution < 1.29 is 9.90 Å². The van der Waals surface area contributed by atoms with E-state index in [-0.39, 0.29) is 6.04 Å². The van der Waals surface area contributed by atoms with E-state index in [0.717, 1.165) is 30.8 Å². The number of rotatable bonds is 3. The van der Waals surface area contributed by atoms with Crippen molar-refractivity contribution in [2.45, 2.75) is 31.8 Å². The predicted molar refractivity (Wildman–Crippen MR) is 57.8 cm³/mol. The molecule has 4 nitrogen and oxygen atoms in total. The number of hydrogen-bond acceptors (Lipinski definition) is 4. The number of likely N-dealkylation sites (tertiary alicyclic amines) is 1. The van der Waals surface area contributed by atoms with E-state index in [1.165, 1.54) is 0 Å². The third kappa shape index (κ3) is 2.54. The Balaban J connectivity index is 2.02. The first-order valence-corrected chi connectivity index (χ1v) is 6.00. The van der Waals surface area contributed by atoms with E-state index < -0.39 is 5.97 Å². The summed E-state index contributed by atoms with van der Waals surface area (Å²) in [5.74, 6) is -0.703. The number of carbonyl (C=O) groups is 1. The Morgan fingerprint density at radius 1 is 1.67 bits per heavy atom. The van der Waals surface area contributed by atoms with Crippen LogP contribution < -0.4 is 0 Å². The van der Waals surface area contributed by atoms with Crippen molar-refractivity contribution in [3.05, 3.63) is 16.6 Å². The highest BCUT2D eigenvalue weighted by Crippen LogP contribution is 2.20. The predicted octanol–water partition coefficient (Wildman–Crippen LogP) is 1.58. The van der Waals surface area contributed by atoms with Gasteiger partial charge >= 0.3 is 5.97 Å². The number of thiazole rings is 1. The average Bonchev–Trinajstić information content (AvgIpc) is 2.71. The van der Waals surface area contributed by atoms with Crippen molar-refractivity contribution in [2.24, 2.45) is 0 Å². The highest BCUT2D eigenvalue weighted by atomic mass is 32.1. The molecule has 1 saturated heterocycles. The summed E-state index contributed by atoms with van der Waals surface area (Å²) < 4.78 is 0. The molecule has 0 saturated carbocycles. The van der Waals surface area contributed by atoms with Gasteiger partial charge in [0.1, 0.15) is 11.0 Å². The summed E-state index contributed by atoms with van der Waals surface area (Å²) in [5, 5.41) is 12.0. The summed E-state index contributed by atoms with van der Waals surface area (Å²) in [7, 11) is 0. The average molecular weight is 226 g/mol. The molecule has 1 aliphatic rings. The number of aliphatic carboxylic acids is 1. The SMILES string of the molecule is O=C(O)C1CCCCN1Cc1nccs1. The van der Waals surface area contributed by atoms with Crippen molar-refractivity contribution >= 4 is 17.3 Å². The summed E-state index contributed by atoms with van der Waals surface area (Å²) in [6.07, 6.45) is 4.64. The Morgan fingerprint density at radius 2 is 2.53 bits per heavy atom. The Morgan fingerprint density at radius 3 is 3.20 bits per heavy atom. The minimum absolute atomic E-state index is 0.317. The molecule has 2 heterocycles. The van der Waals surface area contributed by atoms with Gasteiger partial charge in [-0.3, -0.25) is 9.69 Å². The van der Waals surface area contributed by atoms with Crippen molar-refractivity contribution in [2.75, 3.05) is 6.54 Å². The normalized spacial score (nSPS) is 22.8. The molecule has 1 aromatic rings. The molecule has 1 fully saturated rings. The maximum absolute atomic E-state index is 11.0. The van der Waals surface area contributed by atoms with E-state index >= 15 is 0 Å². The molecule has 0 bridgehead atoms. The van der Waals surface area contributed by atoms with Crippen molar-refractivity contribution in [1.29, 1.82) is 0 Å². The van der Waals surface area contributed by atoms with Crippen LogP contribution in [-0.2, 0) is 11.3 Å². The smallest absolute Gasteiger partial charge is 0.320 e. The van der Waals surface area contributed by atoms with Gasteiger partial charge in [-0.2, -0.15) is 0 Å². The third-order valence-electron chi connectivity index (χ3n) is 2.72. The van der Waals surface area contributed by atoms with E-state index in [1.54, 1.807) is 17.5 Å². The van der Waals surface area contributed by atoms with Gasteiger partial charge < -0.3 is 5.11 Å². The fourth-order valence-corrected chi connectivity index (χ4v) is 2.61. The Hall–Kier alpha value is -0.940. The lowest BCUT2D eigenvalue weighted by atomic mass is 10.0. The van der Waals surface area contributed by atoms with Crippen LogP contribution in [0, 0.1) is 0 Å².